The number of carbonyl (C=O) groups is 3. The number of ether oxygens (including phenoxy) is 1. The minimum atomic E-state index is -1.27. The molecule has 3 heterocycles. The minimum Gasteiger partial charge on any atom is -0.497 e. The van der Waals surface area contributed by atoms with Crippen LogP contribution in [0, 0.1) is 5.92 Å². The SMILES string of the molecule is COc1ccc2c(c1)C=CC1N2C(C(C)=O)C(C(=O)c2ccc(Br)cc2)C12C(=O)Nc1ccccc12. The lowest BCUT2D eigenvalue weighted by atomic mass is 9.64. The van der Waals surface area contributed by atoms with Gasteiger partial charge in [-0.15, -0.1) is 0 Å². The zero-order valence-electron chi connectivity index (χ0n) is 19.7. The topological polar surface area (TPSA) is 75.7 Å². The van der Waals surface area contributed by atoms with Gasteiger partial charge in [-0.1, -0.05) is 58.4 Å². The Morgan fingerprint density at radius 3 is 2.53 bits per heavy atom. The summed E-state index contributed by atoms with van der Waals surface area (Å²) >= 11 is 3.43. The highest BCUT2D eigenvalue weighted by Crippen LogP contribution is 2.57. The molecule has 1 saturated heterocycles. The Bertz CT molecular complexity index is 1460. The molecule has 4 unspecified atom stereocenters. The molecule has 7 heteroatoms. The quantitative estimate of drug-likeness (QED) is 0.468. The molecule has 36 heavy (non-hydrogen) atoms. The molecule has 3 aliphatic heterocycles. The largest absolute Gasteiger partial charge is 0.497 e. The Morgan fingerprint density at radius 1 is 1.06 bits per heavy atom. The van der Waals surface area contributed by atoms with E-state index in [0.717, 1.165) is 21.3 Å². The number of anilines is 2. The van der Waals surface area contributed by atoms with Crippen LogP contribution in [0.2, 0.25) is 0 Å². The van der Waals surface area contributed by atoms with Crippen LogP contribution in [0.25, 0.3) is 6.08 Å². The van der Waals surface area contributed by atoms with Gasteiger partial charge in [0.2, 0.25) is 5.91 Å². The Morgan fingerprint density at radius 2 is 1.81 bits per heavy atom. The van der Waals surface area contributed by atoms with Crippen LogP contribution in [-0.4, -0.2) is 36.7 Å². The summed E-state index contributed by atoms with van der Waals surface area (Å²) in [6.07, 6.45) is 3.91. The number of methoxy groups -OCH3 is 1. The number of hydrogen-bond donors (Lipinski definition) is 1. The molecule has 6 rings (SSSR count). The van der Waals surface area contributed by atoms with Crippen molar-refractivity contribution >= 4 is 50.9 Å². The van der Waals surface area contributed by atoms with Gasteiger partial charge in [-0.2, -0.15) is 0 Å². The summed E-state index contributed by atoms with van der Waals surface area (Å²) in [6.45, 7) is 1.50. The van der Waals surface area contributed by atoms with E-state index in [0.29, 0.717) is 17.0 Å². The second-order valence-corrected chi connectivity index (χ2v) is 10.3. The van der Waals surface area contributed by atoms with Crippen molar-refractivity contribution in [2.45, 2.75) is 24.4 Å². The zero-order chi connectivity index (χ0) is 25.2. The van der Waals surface area contributed by atoms with Gasteiger partial charge in [0, 0.05) is 27.0 Å². The van der Waals surface area contributed by atoms with Crippen molar-refractivity contribution < 1.29 is 19.1 Å². The van der Waals surface area contributed by atoms with Crippen LogP contribution in [0.5, 0.6) is 5.75 Å². The third-order valence-corrected chi connectivity index (χ3v) is 8.20. The number of Topliss-reactive ketones (excluding diaryl/α,β-unsaturated/α-hetero) is 2. The molecule has 1 spiro atoms. The molecule has 0 bridgehead atoms. The van der Waals surface area contributed by atoms with Crippen molar-refractivity contribution in [1.82, 2.24) is 0 Å². The van der Waals surface area contributed by atoms with E-state index in [2.05, 4.69) is 21.2 Å². The first-order valence-corrected chi connectivity index (χ1v) is 12.5. The van der Waals surface area contributed by atoms with Crippen molar-refractivity contribution in [1.29, 1.82) is 0 Å². The highest BCUT2D eigenvalue weighted by molar-refractivity contribution is 9.10. The molecule has 1 fully saturated rings. The molecule has 0 aliphatic carbocycles. The molecule has 4 atom stereocenters. The van der Waals surface area contributed by atoms with Crippen molar-refractivity contribution in [3.05, 3.63) is 94.0 Å². The molecule has 3 aliphatic rings. The van der Waals surface area contributed by atoms with Gasteiger partial charge in [0.1, 0.15) is 11.2 Å². The van der Waals surface area contributed by atoms with Crippen LogP contribution in [-0.2, 0) is 15.0 Å². The van der Waals surface area contributed by atoms with Crippen LogP contribution in [0.4, 0.5) is 11.4 Å². The summed E-state index contributed by atoms with van der Waals surface area (Å²) in [4.78, 5) is 43.7. The van der Waals surface area contributed by atoms with Gasteiger partial charge in [-0.3, -0.25) is 14.4 Å². The van der Waals surface area contributed by atoms with Crippen LogP contribution < -0.4 is 15.0 Å². The number of nitrogens with zero attached hydrogens (tertiary/aromatic N) is 1. The Kier molecular flexibility index (Phi) is 5.16. The lowest BCUT2D eigenvalue weighted by Gasteiger charge is -2.37. The van der Waals surface area contributed by atoms with E-state index in [4.69, 9.17) is 4.74 Å². The van der Waals surface area contributed by atoms with E-state index in [1.807, 2.05) is 59.5 Å². The highest BCUT2D eigenvalue weighted by Gasteiger charge is 2.69. The second-order valence-electron chi connectivity index (χ2n) is 9.41. The molecule has 0 aromatic heterocycles. The van der Waals surface area contributed by atoms with E-state index in [1.165, 1.54) is 6.92 Å². The van der Waals surface area contributed by atoms with E-state index < -0.39 is 23.4 Å². The Labute approximate surface area is 217 Å². The fourth-order valence-corrected chi connectivity index (χ4v) is 6.50. The molecular weight excluding hydrogens is 520 g/mol. The Balaban J connectivity index is 1.64. The zero-order valence-corrected chi connectivity index (χ0v) is 21.3. The molecule has 180 valence electrons. The predicted octanol–water partition coefficient (Wildman–Crippen LogP) is 5.02. The molecule has 3 aromatic carbocycles. The summed E-state index contributed by atoms with van der Waals surface area (Å²) in [5, 5.41) is 3.02. The van der Waals surface area contributed by atoms with Gasteiger partial charge in [-0.25, -0.2) is 0 Å². The van der Waals surface area contributed by atoms with Crippen LogP contribution in [0.3, 0.4) is 0 Å². The molecule has 0 saturated carbocycles. The first-order valence-electron chi connectivity index (χ1n) is 11.7. The maximum Gasteiger partial charge on any atom is 0.238 e. The number of amides is 1. The van der Waals surface area contributed by atoms with Crippen molar-refractivity contribution in [3.63, 3.8) is 0 Å². The van der Waals surface area contributed by atoms with E-state index in [9.17, 15) is 14.4 Å². The van der Waals surface area contributed by atoms with E-state index >= 15 is 0 Å². The number of carbonyl (C=O) groups excluding carboxylic acids is 3. The number of nitrogens with one attached hydrogen (secondary N) is 1. The van der Waals surface area contributed by atoms with Gasteiger partial charge < -0.3 is 15.0 Å². The summed E-state index contributed by atoms with van der Waals surface area (Å²) in [5.41, 5.74) is 2.27. The number of halogens is 1. The van der Waals surface area contributed by atoms with Crippen LogP contribution in [0.15, 0.2) is 77.3 Å². The average Bonchev–Trinajstić information content (AvgIpc) is 3.36. The number of fused-ring (bicyclic) bond motifs is 6. The lowest BCUT2D eigenvalue weighted by molar-refractivity contribution is -0.122. The van der Waals surface area contributed by atoms with Gasteiger partial charge in [0.05, 0.1) is 25.1 Å². The number of rotatable bonds is 4. The smallest absolute Gasteiger partial charge is 0.238 e. The van der Waals surface area contributed by atoms with Gasteiger partial charge >= 0.3 is 0 Å². The predicted molar refractivity (Wildman–Crippen MR) is 141 cm³/mol. The second kappa shape index (κ2) is 8.17. The summed E-state index contributed by atoms with van der Waals surface area (Å²) in [7, 11) is 1.60. The summed E-state index contributed by atoms with van der Waals surface area (Å²) in [6, 6.07) is 18.8. The molecule has 6 nitrogen and oxygen atoms in total. The van der Waals surface area contributed by atoms with Gasteiger partial charge in [-0.05, 0) is 48.9 Å². The fourth-order valence-electron chi connectivity index (χ4n) is 6.23. The number of benzene rings is 3. The van der Waals surface area contributed by atoms with Crippen LogP contribution in [0.1, 0.15) is 28.4 Å². The summed E-state index contributed by atoms with van der Waals surface area (Å²) in [5.74, 6) is -0.896. The number of para-hydroxylation sites is 1. The number of hydrogen-bond acceptors (Lipinski definition) is 5. The number of ketones is 2. The average molecular weight is 543 g/mol. The van der Waals surface area contributed by atoms with Crippen molar-refractivity contribution in [3.8, 4) is 5.75 Å². The Hall–Kier alpha value is -3.71. The van der Waals surface area contributed by atoms with Crippen molar-refractivity contribution in [2.24, 2.45) is 5.92 Å². The highest BCUT2D eigenvalue weighted by atomic mass is 79.9. The van der Waals surface area contributed by atoms with Crippen molar-refractivity contribution in [2.75, 3.05) is 17.3 Å². The minimum absolute atomic E-state index is 0.165. The molecule has 1 amide bonds. The van der Waals surface area contributed by atoms with E-state index in [-0.39, 0.29) is 17.5 Å². The summed E-state index contributed by atoms with van der Waals surface area (Å²) < 4.78 is 6.25. The monoisotopic (exact) mass is 542 g/mol. The lowest BCUT2D eigenvalue weighted by Crippen LogP contribution is -2.51. The van der Waals surface area contributed by atoms with Crippen LogP contribution >= 0.6 is 15.9 Å². The standard InChI is InChI=1S/C29H23BrN2O4/c1-16(33)26-25(27(34)17-7-10-19(30)11-8-17)29(21-5-3-4-6-22(21)31-28(29)35)24-14-9-18-15-20(36-2)12-13-23(18)32(24)26/h3-15,24-26H,1-2H3,(H,31,35). The molecule has 0 radical (unpaired) electrons. The molecular formula is C29H23BrN2O4. The van der Waals surface area contributed by atoms with E-state index in [1.54, 1.807) is 31.4 Å². The van der Waals surface area contributed by atoms with Gasteiger partial charge in [0.25, 0.3) is 0 Å². The maximum absolute atomic E-state index is 14.3. The molecule has 1 N–H and O–H groups in total. The first kappa shape index (κ1) is 22.7. The maximum atomic E-state index is 14.3. The first-order chi connectivity index (χ1) is 17.4. The third kappa shape index (κ3) is 2.99. The van der Waals surface area contributed by atoms with Gasteiger partial charge in [0.15, 0.2) is 11.6 Å². The normalized spacial score (nSPS) is 25.2. The fraction of sp³-hybridized carbons (Fsp3) is 0.207. The third-order valence-electron chi connectivity index (χ3n) is 7.67. The molecule has 3 aromatic rings.